The Kier molecular flexibility index (Phi) is 5.60. The number of aliphatic hydroxyl groups is 1. The van der Waals surface area contributed by atoms with E-state index in [1.807, 2.05) is 10.6 Å². The average molecular weight is 508 g/mol. The number of nitrogens with two attached hydrogens (primary N) is 2. The van der Waals surface area contributed by atoms with Gasteiger partial charge in [-0.15, -0.1) is 0 Å². The number of aromatic nitrogens is 4. The van der Waals surface area contributed by atoms with Crippen LogP contribution in [0.5, 0.6) is 0 Å². The number of anilines is 2. The fourth-order valence-electron chi connectivity index (χ4n) is 5.56. The Balaban J connectivity index is 1.31. The van der Waals surface area contributed by atoms with E-state index in [1.54, 1.807) is 18.6 Å². The molecule has 0 saturated carbocycles. The number of fused-ring (bicyclic) bond motifs is 2. The van der Waals surface area contributed by atoms with Gasteiger partial charge in [0.05, 0.1) is 16.5 Å². The normalized spacial score (nSPS) is 18.9. The molecule has 2 aliphatic rings. The molecule has 1 unspecified atom stereocenters. The SMILES string of the molecule is Nc1nccc(Sc2c(CO)cc(N3CCC4(CC3)Cc3ccccc3C4N)n3ncnc23)c1Cl. The first-order valence-electron chi connectivity index (χ1n) is 11.6. The summed E-state index contributed by atoms with van der Waals surface area (Å²) in [7, 11) is 0. The maximum atomic E-state index is 10.3. The molecule has 4 heterocycles. The largest absolute Gasteiger partial charge is 0.392 e. The van der Waals surface area contributed by atoms with Crippen molar-refractivity contribution in [3.05, 3.63) is 70.6 Å². The zero-order valence-corrected chi connectivity index (χ0v) is 20.6. The highest BCUT2D eigenvalue weighted by Crippen LogP contribution is 2.51. The smallest absolute Gasteiger partial charge is 0.171 e. The van der Waals surface area contributed by atoms with Gasteiger partial charge in [0.1, 0.15) is 18.0 Å². The maximum absolute atomic E-state index is 10.3. The van der Waals surface area contributed by atoms with Crippen molar-refractivity contribution >= 4 is 40.6 Å². The number of rotatable bonds is 4. The van der Waals surface area contributed by atoms with Gasteiger partial charge in [0.2, 0.25) is 0 Å². The number of nitrogens with zero attached hydrogens (tertiary/aromatic N) is 5. The van der Waals surface area contributed by atoms with Crippen LogP contribution in [0.1, 0.15) is 35.6 Å². The van der Waals surface area contributed by atoms with Gasteiger partial charge in [0, 0.05) is 30.2 Å². The van der Waals surface area contributed by atoms with E-state index < -0.39 is 0 Å². The monoisotopic (exact) mass is 507 g/mol. The summed E-state index contributed by atoms with van der Waals surface area (Å²) in [5, 5.41) is 15.2. The second-order valence-corrected chi connectivity index (χ2v) is 10.8. The molecule has 0 radical (unpaired) electrons. The number of pyridine rings is 2. The van der Waals surface area contributed by atoms with Gasteiger partial charge in [-0.3, -0.25) is 0 Å². The summed E-state index contributed by atoms with van der Waals surface area (Å²) in [5.41, 5.74) is 16.9. The van der Waals surface area contributed by atoms with Crippen molar-refractivity contribution < 1.29 is 5.11 Å². The third-order valence-corrected chi connectivity index (χ3v) is 9.22. The fourth-order valence-corrected chi connectivity index (χ4v) is 6.82. The summed E-state index contributed by atoms with van der Waals surface area (Å²) in [6.07, 6.45) is 6.19. The van der Waals surface area contributed by atoms with Crippen molar-refractivity contribution in [1.29, 1.82) is 0 Å². The first-order valence-corrected chi connectivity index (χ1v) is 12.8. The molecule has 1 saturated heterocycles. The zero-order valence-electron chi connectivity index (χ0n) is 19.1. The van der Waals surface area contributed by atoms with E-state index in [2.05, 4.69) is 44.2 Å². The van der Waals surface area contributed by atoms with Gasteiger partial charge < -0.3 is 21.5 Å². The number of benzene rings is 1. The summed E-state index contributed by atoms with van der Waals surface area (Å²) in [5.74, 6) is 1.19. The van der Waals surface area contributed by atoms with E-state index in [9.17, 15) is 5.11 Å². The second-order valence-electron chi connectivity index (χ2n) is 9.32. The topological polar surface area (TPSA) is 119 Å². The molecule has 3 aromatic heterocycles. The number of aliphatic hydroxyl groups excluding tert-OH is 1. The highest BCUT2D eigenvalue weighted by atomic mass is 35.5. The third kappa shape index (κ3) is 3.65. The van der Waals surface area contributed by atoms with Gasteiger partial charge in [-0.2, -0.15) is 9.61 Å². The van der Waals surface area contributed by atoms with Crippen molar-refractivity contribution in [3.8, 4) is 0 Å². The van der Waals surface area contributed by atoms with E-state index in [1.165, 1.54) is 22.9 Å². The first kappa shape index (κ1) is 22.6. The molecule has 10 heteroatoms. The number of hydrogen-bond donors (Lipinski definition) is 3. The lowest BCUT2D eigenvalue weighted by Crippen LogP contribution is -2.45. The van der Waals surface area contributed by atoms with E-state index in [-0.39, 0.29) is 23.9 Å². The summed E-state index contributed by atoms with van der Waals surface area (Å²) in [6.45, 7) is 1.59. The minimum Gasteiger partial charge on any atom is -0.392 e. The van der Waals surface area contributed by atoms with Crippen LogP contribution in [-0.4, -0.2) is 37.8 Å². The van der Waals surface area contributed by atoms with Gasteiger partial charge in [0.25, 0.3) is 0 Å². The third-order valence-electron chi connectivity index (χ3n) is 7.50. The van der Waals surface area contributed by atoms with E-state index in [0.717, 1.165) is 53.5 Å². The molecule has 6 rings (SSSR count). The molecule has 1 spiro atoms. The Morgan fingerprint density at radius 1 is 1.17 bits per heavy atom. The predicted octanol–water partition coefficient (Wildman–Crippen LogP) is 3.85. The van der Waals surface area contributed by atoms with Crippen molar-refractivity contribution in [1.82, 2.24) is 19.6 Å². The average Bonchev–Trinajstić information content (AvgIpc) is 3.47. The lowest BCUT2D eigenvalue weighted by atomic mass is 9.73. The summed E-state index contributed by atoms with van der Waals surface area (Å²) in [6, 6.07) is 12.4. The first-order chi connectivity index (χ1) is 17.0. The minimum atomic E-state index is -0.130. The molecule has 8 nitrogen and oxygen atoms in total. The van der Waals surface area contributed by atoms with Crippen LogP contribution in [0.25, 0.3) is 5.65 Å². The maximum Gasteiger partial charge on any atom is 0.171 e. The van der Waals surface area contributed by atoms with Gasteiger partial charge >= 0.3 is 0 Å². The van der Waals surface area contributed by atoms with E-state index in [0.29, 0.717) is 10.7 Å². The second kappa shape index (κ2) is 8.67. The highest BCUT2D eigenvalue weighted by molar-refractivity contribution is 7.99. The fraction of sp³-hybridized carbons (Fsp3) is 0.320. The van der Waals surface area contributed by atoms with Crippen LogP contribution in [0, 0.1) is 5.41 Å². The van der Waals surface area contributed by atoms with Crippen molar-refractivity contribution in [2.45, 2.75) is 41.7 Å². The molecule has 1 aromatic carbocycles. The van der Waals surface area contributed by atoms with Crippen molar-refractivity contribution in [2.24, 2.45) is 11.1 Å². The van der Waals surface area contributed by atoms with Crippen LogP contribution in [-0.2, 0) is 13.0 Å². The number of piperidine rings is 1. The highest BCUT2D eigenvalue weighted by Gasteiger charge is 2.46. The molecule has 4 aromatic rings. The van der Waals surface area contributed by atoms with Gasteiger partial charge in [0.15, 0.2) is 5.65 Å². The minimum absolute atomic E-state index is 0.0663. The zero-order chi connectivity index (χ0) is 24.2. The predicted molar refractivity (Wildman–Crippen MR) is 138 cm³/mol. The molecule has 1 fully saturated rings. The molecular weight excluding hydrogens is 482 g/mol. The number of halogens is 1. The van der Waals surface area contributed by atoms with E-state index >= 15 is 0 Å². The molecule has 180 valence electrons. The van der Waals surface area contributed by atoms with Crippen LogP contribution in [0.15, 0.2) is 58.7 Å². The Hall–Kier alpha value is -2.85. The molecule has 1 aliphatic carbocycles. The number of nitrogen functional groups attached to an aromatic ring is 1. The summed E-state index contributed by atoms with van der Waals surface area (Å²) in [4.78, 5) is 12.4. The van der Waals surface area contributed by atoms with Crippen LogP contribution in [0.3, 0.4) is 0 Å². The number of hydrogen-bond acceptors (Lipinski definition) is 8. The van der Waals surface area contributed by atoms with Crippen molar-refractivity contribution in [3.63, 3.8) is 0 Å². The molecular formula is C25H26ClN7OS. The lowest BCUT2D eigenvalue weighted by Gasteiger charge is -2.43. The summed E-state index contributed by atoms with van der Waals surface area (Å²) < 4.78 is 1.85. The molecule has 1 aliphatic heterocycles. The lowest BCUT2D eigenvalue weighted by molar-refractivity contribution is 0.187. The van der Waals surface area contributed by atoms with Crippen LogP contribution in [0.4, 0.5) is 11.6 Å². The Morgan fingerprint density at radius 2 is 1.97 bits per heavy atom. The van der Waals surface area contributed by atoms with E-state index in [4.69, 9.17) is 23.1 Å². The standard InChI is InChI=1S/C25H26ClN7OS/c26-20-18(5-8-29-23(20)28)35-21-16(13-34)11-19(33-24(21)30-14-31-33)32-9-6-25(7-10-32)12-15-3-1-2-4-17(15)22(25)27/h1-5,8,11,14,22,34H,6-7,9-10,12-13,27H2,(H2,28,29). The molecule has 0 amide bonds. The Labute approximate surface area is 212 Å². The quantitative estimate of drug-likeness (QED) is 0.381. The molecule has 35 heavy (non-hydrogen) atoms. The molecule has 1 atom stereocenters. The van der Waals surface area contributed by atoms with Crippen LogP contribution < -0.4 is 16.4 Å². The van der Waals surface area contributed by atoms with Gasteiger partial charge in [-0.25, -0.2) is 9.97 Å². The van der Waals surface area contributed by atoms with Crippen LogP contribution >= 0.6 is 23.4 Å². The Morgan fingerprint density at radius 3 is 2.74 bits per heavy atom. The molecule has 0 bridgehead atoms. The van der Waals surface area contributed by atoms with Crippen LogP contribution in [0.2, 0.25) is 5.02 Å². The van der Waals surface area contributed by atoms with Gasteiger partial charge in [-0.05, 0) is 53.5 Å². The molecule has 5 N–H and O–H groups in total. The van der Waals surface area contributed by atoms with Gasteiger partial charge in [-0.1, -0.05) is 47.6 Å². The van der Waals surface area contributed by atoms with Crippen molar-refractivity contribution in [2.75, 3.05) is 23.7 Å². The summed E-state index contributed by atoms with van der Waals surface area (Å²) >= 11 is 7.80. The Bertz CT molecular complexity index is 1420.